The second kappa shape index (κ2) is 6.40. The molecule has 0 heterocycles. The number of halogens is 1. The molecular formula is C8H18IN. The smallest absolute Gasteiger partial charge is 0.00838 e. The Balaban J connectivity index is 3.16. The summed E-state index contributed by atoms with van der Waals surface area (Å²) in [5.74, 6) is 0.857. The Morgan fingerprint density at radius 1 is 1.40 bits per heavy atom. The van der Waals surface area contributed by atoms with E-state index in [1.54, 1.807) is 0 Å². The predicted octanol–water partition coefficient (Wildman–Crippen LogP) is 2.58. The van der Waals surface area contributed by atoms with Crippen LogP contribution in [0.1, 0.15) is 33.1 Å². The van der Waals surface area contributed by atoms with Gasteiger partial charge in [-0.25, -0.2) is 0 Å². The van der Waals surface area contributed by atoms with Gasteiger partial charge in [0, 0.05) is 3.92 Å². The molecule has 2 atom stereocenters. The number of alkyl halides is 1. The van der Waals surface area contributed by atoms with E-state index in [0.29, 0.717) is 0 Å². The minimum Gasteiger partial charge on any atom is -0.330 e. The molecule has 2 N–H and O–H groups in total. The summed E-state index contributed by atoms with van der Waals surface area (Å²) in [6, 6.07) is 0. The summed E-state index contributed by atoms with van der Waals surface area (Å²) in [5.41, 5.74) is 5.41. The van der Waals surface area contributed by atoms with Crippen molar-refractivity contribution in [3.63, 3.8) is 0 Å². The molecule has 0 aromatic rings. The van der Waals surface area contributed by atoms with Crippen LogP contribution in [-0.4, -0.2) is 10.5 Å². The maximum Gasteiger partial charge on any atom is 0.00838 e. The first-order valence-electron chi connectivity index (χ1n) is 4.01. The molecule has 0 saturated carbocycles. The van der Waals surface area contributed by atoms with Gasteiger partial charge in [0.15, 0.2) is 0 Å². The molecule has 0 aliphatic rings. The predicted molar refractivity (Wildman–Crippen MR) is 55.6 cm³/mol. The van der Waals surface area contributed by atoms with Crippen molar-refractivity contribution in [2.24, 2.45) is 11.7 Å². The zero-order valence-corrected chi connectivity index (χ0v) is 9.10. The van der Waals surface area contributed by atoms with E-state index >= 15 is 0 Å². The summed E-state index contributed by atoms with van der Waals surface area (Å²) in [4.78, 5) is 0. The van der Waals surface area contributed by atoms with Crippen LogP contribution in [0.15, 0.2) is 0 Å². The zero-order valence-electron chi connectivity index (χ0n) is 6.94. The van der Waals surface area contributed by atoms with Gasteiger partial charge in [0.25, 0.3) is 0 Å². The lowest BCUT2D eigenvalue weighted by atomic mass is 10.0. The van der Waals surface area contributed by atoms with Gasteiger partial charge in [-0.2, -0.15) is 0 Å². The Morgan fingerprint density at radius 2 is 2.00 bits per heavy atom. The lowest BCUT2D eigenvalue weighted by molar-refractivity contribution is 0.483. The van der Waals surface area contributed by atoms with Crippen LogP contribution in [0.3, 0.4) is 0 Å². The van der Waals surface area contributed by atoms with Crippen molar-refractivity contribution in [2.45, 2.75) is 37.0 Å². The van der Waals surface area contributed by atoms with Crippen LogP contribution >= 0.6 is 22.6 Å². The van der Waals surface area contributed by atoms with Crippen molar-refractivity contribution in [2.75, 3.05) is 6.54 Å². The Kier molecular flexibility index (Phi) is 6.85. The van der Waals surface area contributed by atoms with E-state index in [9.17, 15) is 0 Å². The largest absolute Gasteiger partial charge is 0.330 e. The first-order valence-corrected chi connectivity index (χ1v) is 5.25. The van der Waals surface area contributed by atoms with Crippen molar-refractivity contribution in [1.29, 1.82) is 0 Å². The van der Waals surface area contributed by atoms with Crippen molar-refractivity contribution < 1.29 is 0 Å². The molecule has 0 amide bonds. The Bertz CT molecular complexity index is 73.7. The lowest BCUT2D eigenvalue weighted by Crippen LogP contribution is -2.05. The molecule has 0 aromatic heterocycles. The summed E-state index contributed by atoms with van der Waals surface area (Å²) in [7, 11) is 0. The van der Waals surface area contributed by atoms with Crippen LogP contribution in [0, 0.1) is 5.92 Å². The Morgan fingerprint density at radius 3 is 2.40 bits per heavy atom. The third-order valence-electron chi connectivity index (χ3n) is 1.63. The number of nitrogens with two attached hydrogens (primary N) is 1. The third kappa shape index (κ3) is 6.81. The number of hydrogen-bond acceptors (Lipinski definition) is 1. The highest BCUT2D eigenvalue weighted by Gasteiger charge is 2.04. The van der Waals surface area contributed by atoms with E-state index in [1.807, 2.05) is 0 Å². The SMILES string of the molecule is CC(I)CC(C)CCCN. The van der Waals surface area contributed by atoms with Gasteiger partial charge in [-0.3, -0.25) is 0 Å². The molecule has 0 aromatic carbocycles. The fourth-order valence-corrected chi connectivity index (χ4v) is 2.01. The van der Waals surface area contributed by atoms with Gasteiger partial charge >= 0.3 is 0 Å². The van der Waals surface area contributed by atoms with Crippen molar-refractivity contribution in [3.05, 3.63) is 0 Å². The molecule has 2 heteroatoms. The van der Waals surface area contributed by atoms with Gasteiger partial charge in [0.05, 0.1) is 0 Å². The Labute approximate surface area is 77.9 Å². The molecule has 0 bridgehead atoms. The molecule has 0 radical (unpaired) electrons. The fourth-order valence-electron chi connectivity index (χ4n) is 1.14. The fraction of sp³-hybridized carbons (Fsp3) is 1.00. The van der Waals surface area contributed by atoms with Crippen molar-refractivity contribution in [3.8, 4) is 0 Å². The molecule has 0 fully saturated rings. The summed E-state index contributed by atoms with van der Waals surface area (Å²) in [5, 5.41) is 0. The van der Waals surface area contributed by atoms with Crippen LogP contribution in [0.4, 0.5) is 0 Å². The monoisotopic (exact) mass is 255 g/mol. The highest BCUT2D eigenvalue weighted by atomic mass is 127. The first kappa shape index (κ1) is 10.7. The third-order valence-corrected chi connectivity index (χ3v) is 2.14. The minimum absolute atomic E-state index is 0.811. The molecular weight excluding hydrogens is 237 g/mol. The molecule has 0 aliphatic carbocycles. The van der Waals surface area contributed by atoms with E-state index in [1.165, 1.54) is 19.3 Å². The van der Waals surface area contributed by atoms with Gasteiger partial charge < -0.3 is 5.73 Å². The summed E-state index contributed by atoms with van der Waals surface area (Å²) in [6.45, 7) is 5.42. The molecule has 0 saturated heterocycles. The van der Waals surface area contributed by atoms with Gasteiger partial charge in [-0.15, -0.1) is 0 Å². The molecule has 62 valence electrons. The maximum atomic E-state index is 5.41. The normalized spacial score (nSPS) is 16.8. The van der Waals surface area contributed by atoms with E-state index in [2.05, 4.69) is 36.4 Å². The Hall–Kier alpha value is 0.690. The lowest BCUT2D eigenvalue weighted by Gasteiger charge is -2.11. The van der Waals surface area contributed by atoms with Crippen molar-refractivity contribution in [1.82, 2.24) is 0 Å². The summed E-state index contributed by atoms with van der Waals surface area (Å²) in [6.07, 6.45) is 3.81. The molecule has 0 rings (SSSR count). The number of rotatable bonds is 5. The summed E-state index contributed by atoms with van der Waals surface area (Å²) < 4.78 is 0.811. The van der Waals surface area contributed by atoms with Gasteiger partial charge in [0.1, 0.15) is 0 Å². The second-order valence-electron chi connectivity index (χ2n) is 3.05. The van der Waals surface area contributed by atoms with Crippen LogP contribution in [-0.2, 0) is 0 Å². The highest BCUT2D eigenvalue weighted by Crippen LogP contribution is 2.16. The van der Waals surface area contributed by atoms with Crippen LogP contribution in [0.25, 0.3) is 0 Å². The maximum absolute atomic E-state index is 5.41. The van der Waals surface area contributed by atoms with E-state index in [4.69, 9.17) is 5.73 Å². The summed E-state index contributed by atoms with van der Waals surface area (Å²) >= 11 is 2.48. The quantitative estimate of drug-likeness (QED) is 0.593. The standard InChI is InChI=1S/C8H18IN/c1-7(4-3-5-10)6-8(2)9/h7-8H,3-6,10H2,1-2H3. The number of hydrogen-bond donors (Lipinski definition) is 1. The average molecular weight is 255 g/mol. The van der Waals surface area contributed by atoms with E-state index < -0.39 is 0 Å². The van der Waals surface area contributed by atoms with Crippen LogP contribution in [0.5, 0.6) is 0 Å². The van der Waals surface area contributed by atoms with Gasteiger partial charge in [-0.1, -0.05) is 36.4 Å². The van der Waals surface area contributed by atoms with E-state index in [-0.39, 0.29) is 0 Å². The molecule has 10 heavy (non-hydrogen) atoms. The second-order valence-corrected chi connectivity index (χ2v) is 5.18. The average Bonchev–Trinajstić information content (AvgIpc) is 1.82. The minimum atomic E-state index is 0.811. The topological polar surface area (TPSA) is 26.0 Å². The van der Waals surface area contributed by atoms with Gasteiger partial charge in [-0.05, 0) is 31.7 Å². The van der Waals surface area contributed by atoms with Crippen molar-refractivity contribution >= 4 is 22.6 Å². The molecule has 0 spiro atoms. The van der Waals surface area contributed by atoms with Crippen LogP contribution < -0.4 is 5.73 Å². The molecule has 0 aliphatic heterocycles. The van der Waals surface area contributed by atoms with Crippen LogP contribution in [0.2, 0.25) is 0 Å². The van der Waals surface area contributed by atoms with E-state index in [0.717, 1.165) is 16.4 Å². The zero-order chi connectivity index (χ0) is 7.98. The van der Waals surface area contributed by atoms with Gasteiger partial charge in [0.2, 0.25) is 0 Å². The first-order chi connectivity index (χ1) is 4.66. The molecule has 2 unspecified atom stereocenters. The highest BCUT2D eigenvalue weighted by molar-refractivity contribution is 14.1. The molecule has 1 nitrogen and oxygen atoms in total.